The summed E-state index contributed by atoms with van der Waals surface area (Å²) in [4.78, 5) is 20.5. The molecule has 2 aromatic heterocycles. The highest BCUT2D eigenvalue weighted by atomic mass is 16.2. The normalized spacial score (nSPS) is 23.2. The molecule has 2 aliphatic carbocycles. The van der Waals surface area contributed by atoms with Crippen LogP contribution in [0.15, 0.2) is 37.1 Å². The maximum absolute atomic E-state index is 12.1. The summed E-state index contributed by atoms with van der Waals surface area (Å²) in [5.74, 6) is 2.36. The van der Waals surface area contributed by atoms with Crippen molar-refractivity contribution < 1.29 is 4.79 Å². The maximum atomic E-state index is 12.1. The number of carbonyl (C=O) groups excluding carboxylic acids is 1. The molecule has 0 unspecified atom stereocenters. The second-order valence-corrected chi connectivity index (χ2v) is 7.23. The number of hydrogen-bond donors (Lipinski definition) is 2. The van der Waals surface area contributed by atoms with E-state index in [1.54, 1.807) is 18.7 Å². The summed E-state index contributed by atoms with van der Waals surface area (Å²) in [6.45, 7) is 0.490. The molecular weight excluding hydrogens is 314 g/mol. The van der Waals surface area contributed by atoms with Gasteiger partial charge in [0, 0.05) is 31.2 Å². The topological polar surface area (TPSA) is 71.8 Å². The van der Waals surface area contributed by atoms with Crippen molar-refractivity contribution in [3.05, 3.63) is 42.6 Å². The van der Waals surface area contributed by atoms with Crippen LogP contribution < -0.4 is 10.6 Å². The largest absolute Gasteiger partial charge is 0.335 e. The Hall–Kier alpha value is -2.37. The van der Waals surface area contributed by atoms with Crippen LogP contribution in [-0.4, -0.2) is 26.6 Å². The van der Waals surface area contributed by atoms with Crippen molar-refractivity contribution in [3.8, 4) is 5.82 Å². The molecule has 2 aromatic rings. The molecule has 2 amide bonds. The Balaban J connectivity index is 1.21. The maximum Gasteiger partial charge on any atom is 0.315 e. The molecule has 2 aliphatic rings. The van der Waals surface area contributed by atoms with Crippen LogP contribution in [0.1, 0.15) is 44.1 Å². The zero-order valence-electron chi connectivity index (χ0n) is 14.4. The van der Waals surface area contributed by atoms with Crippen molar-refractivity contribution in [1.82, 2.24) is 25.2 Å². The molecule has 4 rings (SSSR count). The highest BCUT2D eigenvalue weighted by Crippen LogP contribution is 2.44. The molecule has 2 fully saturated rings. The molecule has 0 aromatic carbocycles. The monoisotopic (exact) mass is 339 g/mol. The number of nitrogens with zero attached hydrogens (tertiary/aromatic N) is 3. The van der Waals surface area contributed by atoms with Crippen molar-refractivity contribution in [2.45, 2.75) is 51.1 Å². The molecule has 6 heteroatoms. The second kappa shape index (κ2) is 7.25. The second-order valence-electron chi connectivity index (χ2n) is 7.23. The third kappa shape index (κ3) is 4.00. The molecule has 0 bridgehead atoms. The molecular formula is C19H25N5O. The number of pyridine rings is 1. The lowest BCUT2D eigenvalue weighted by Gasteiger charge is -2.21. The summed E-state index contributed by atoms with van der Waals surface area (Å²) >= 11 is 0. The lowest BCUT2D eigenvalue weighted by atomic mass is 9.85. The lowest BCUT2D eigenvalue weighted by Crippen LogP contribution is -2.37. The van der Waals surface area contributed by atoms with E-state index in [1.165, 1.54) is 32.1 Å². The highest BCUT2D eigenvalue weighted by Gasteiger charge is 2.43. The zero-order chi connectivity index (χ0) is 17.1. The van der Waals surface area contributed by atoms with Crippen LogP contribution in [0.3, 0.4) is 0 Å². The average Bonchev–Trinajstić information content (AvgIpc) is 3.19. The van der Waals surface area contributed by atoms with Crippen molar-refractivity contribution in [2.75, 3.05) is 0 Å². The van der Waals surface area contributed by atoms with Crippen molar-refractivity contribution >= 4 is 6.03 Å². The standard InChI is InChI=1S/C19H25N5O/c25-19(23-17-10-16(17)15-4-2-1-3-5-15)22-12-14-6-7-18(21-11-14)24-9-8-20-13-24/h6-9,11,13,15-17H,1-5,10,12H2,(H2,22,23,25)/t16-,17-/m1/s1. The molecule has 2 atom stereocenters. The van der Waals surface area contributed by atoms with Gasteiger partial charge >= 0.3 is 6.03 Å². The van der Waals surface area contributed by atoms with Gasteiger partial charge in [-0.3, -0.25) is 4.57 Å². The molecule has 132 valence electrons. The van der Waals surface area contributed by atoms with Crippen LogP contribution in [0.2, 0.25) is 0 Å². The molecule has 25 heavy (non-hydrogen) atoms. The van der Waals surface area contributed by atoms with Gasteiger partial charge in [0.15, 0.2) is 0 Å². The number of nitrogens with one attached hydrogen (secondary N) is 2. The number of urea groups is 1. The fourth-order valence-electron chi connectivity index (χ4n) is 3.93. The number of carbonyl (C=O) groups is 1. The summed E-state index contributed by atoms with van der Waals surface area (Å²) in [5, 5.41) is 6.06. The fourth-order valence-corrected chi connectivity index (χ4v) is 3.93. The first-order chi connectivity index (χ1) is 12.3. The van der Waals surface area contributed by atoms with E-state index < -0.39 is 0 Å². The van der Waals surface area contributed by atoms with Gasteiger partial charge in [0.05, 0.1) is 0 Å². The Kier molecular flexibility index (Phi) is 4.68. The summed E-state index contributed by atoms with van der Waals surface area (Å²) in [5.41, 5.74) is 0.985. The van der Waals surface area contributed by atoms with Gasteiger partial charge in [0.25, 0.3) is 0 Å². The van der Waals surface area contributed by atoms with Crippen molar-refractivity contribution in [2.24, 2.45) is 11.8 Å². The Bertz CT molecular complexity index is 691. The van der Waals surface area contributed by atoms with E-state index in [0.29, 0.717) is 18.5 Å². The van der Waals surface area contributed by atoms with Crippen molar-refractivity contribution in [3.63, 3.8) is 0 Å². The summed E-state index contributed by atoms with van der Waals surface area (Å²) in [6, 6.07) is 4.22. The Morgan fingerprint density at radius 3 is 2.84 bits per heavy atom. The van der Waals surface area contributed by atoms with Gasteiger partial charge in [0.2, 0.25) is 0 Å². The minimum Gasteiger partial charge on any atom is -0.335 e. The van der Waals surface area contributed by atoms with E-state index >= 15 is 0 Å². The number of imidazole rings is 1. The van der Waals surface area contributed by atoms with Crippen LogP contribution in [0.4, 0.5) is 4.79 Å². The Labute approximate surface area is 148 Å². The van der Waals surface area contributed by atoms with E-state index in [4.69, 9.17) is 0 Å². The van der Waals surface area contributed by atoms with Gasteiger partial charge in [-0.25, -0.2) is 14.8 Å². The van der Waals surface area contributed by atoms with Gasteiger partial charge < -0.3 is 10.6 Å². The molecule has 2 N–H and O–H groups in total. The van der Waals surface area contributed by atoms with Crippen LogP contribution >= 0.6 is 0 Å². The Morgan fingerprint density at radius 2 is 2.12 bits per heavy atom. The van der Waals surface area contributed by atoms with Gasteiger partial charge in [-0.2, -0.15) is 0 Å². The zero-order valence-corrected chi connectivity index (χ0v) is 14.4. The van der Waals surface area contributed by atoms with Crippen LogP contribution in [-0.2, 0) is 6.54 Å². The van der Waals surface area contributed by atoms with Gasteiger partial charge in [-0.05, 0) is 29.9 Å². The first-order valence-electron chi connectivity index (χ1n) is 9.27. The summed E-state index contributed by atoms with van der Waals surface area (Å²) in [7, 11) is 0. The summed E-state index contributed by atoms with van der Waals surface area (Å²) < 4.78 is 1.85. The molecule has 2 saturated carbocycles. The molecule has 6 nitrogen and oxygen atoms in total. The number of hydrogen-bond acceptors (Lipinski definition) is 3. The predicted octanol–water partition coefficient (Wildman–Crippen LogP) is 3.04. The van der Waals surface area contributed by atoms with Gasteiger partial charge in [0.1, 0.15) is 12.1 Å². The lowest BCUT2D eigenvalue weighted by molar-refractivity contribution is 0.237. The molecule has 2 heterocycles. The Morgan fingerprint density at radius 1 is 1.24 bits per heavy atom. The van der Waals surface area contributed by atoms with E-state index in [-0.39, 0.29) is 6.03 Å². The van der Waals surface area contributed by atoms with Crippen molar-refractivity contribution in [1.29, 1.82) is 0 Å². The SMILES string of the molecule is O=C(NCc1ccc(-n2ccnc2)nc1)N[C@@H]1C[C@@H]1C1CCCCC1. The third-order valence-corrected chi connectivity index (χ3v) is 5.44. The number of amides is 2. The van der Waals surface area contributed by atoms with E-state index in [9.17, 15) is 4.79 Å². The van der Waals surface area contributed by atoms with Gasteiger partial charge in [-0.1, -0.05) is 38.2 Å². The van der Waals surface area contributed by atoms with Gasteiger partial charge in [-0.15, -0.1) is 0 Å². The highest BCUT2D eigenvalue weighted by molar-refractivity contribution is 5.74. The minimum atomic E-state index is -0.0676. The van der Waals surface area contributed by atoms with Crippen LogP contribution in [0, 0.1) is 11.8 Å². The number of aromatic nitrogens is 3. The molecule has 0 spiro atoms. The minimum absolute atomic E-state index is 0.0676. The first kappa shape index (κ1) is 16.1. The molecule has 0 aliphatic heterocycles. The molecule has 0 saturated heterocycles. The first-order valence-corrected chi connectivity index (χ1v) is 9.27. The quantitative estimate of drug-likeness (QED) is 0.879. The average molecular weight is 339 g/mol. The van der Waals surface area contributed by atoms with E-state index in [2.05, 4.69) is 20.6 Å². The fraction of sp³-hybridized carbons (Fsp3) is 0.526. The van der Waals surface area contributed by atoms with Crippen LogP contribution in [0.25, 0.3) is 5.82 Å². The van der Waals surface area contributed by atoms with E-state index in [1.807, 2.05) is 22.9 Å². The van der Waals surface area contributed by atoms with Crippen LogP contribution in [0.5, 0.6) is 0 Å². The summed E-state index contributed by atoms with van der Waals surface area (Å²) in [6.07, 6.45) is 15.0. The predicted molar refractivity (Wildman–Crippen MR) is 95.2 cm³/mol. The molecule has 0 radical (unpaired) electrons. The smallest absolute Gasteiger partial charge is 0.315 e. The van der Waals surface area contributed by atoms with E-state index in [0.717, 1.165) is 23.7 Å². The third-order valence-electron chi connectivity index (χ3n) is 5.44. The number of rotatable bonds is 5.